The van der Waals surface area contributed by atoms with Crippen LogP contribution in [0.2, 0.25) is 5.02 Å². The number of carbonyl (C=O) groups is 1. The number of hydrogen-bond acceptors (Lipinski definition) is 5. The van der Waals surface area contributed by atoms with Crippen LogP contribution < -0.4 is 10.9 Å². The fourth-order valence-electron chi connectivity index (χ4n) is 5.20. The van der Waals surface area contributed by atoms with Crippen LogP contribution in [0.3, 0.4) is 0 Å². The van der Waals surface area contributed by atoms with Gasteiger partial charge in [0.15, 0.2) is 6.23 Å². The van der Waals surface area contributed by atoms with Crippen molar-refractivity contribution >= 4 is 28.4 Å². The van der Waals surface area contributed by atoms with E-state index >= 15 is 0 Å². The maximum Gasteiger partial charge on any atom is 0.253 e. The topological polar surface area (TPSA) is 91.0 Å². The average molecular weight is 568 g/mol. The van der Waals surface area contributed by atoms with Crippen LogP contribution in [0.15, 0.2) is 90.1 Å². The molecule has 208 valence electrons. The molecule has 9 heteroatoms. The second-order valence-corrected chi connectivity index (χ2v) is 10.7. The molecule has 0 saturated carbocycles. The Hall–Kier alpha value is -4.27. The van der Waals surface area contributed by atoms with Crippen molar-refractivity contribution in [2.45, 2.75) is 45.0 Å². The van der Waals surface area contributed by atoms with Gasteiger partial charge in [-0.2, -0.15) is 5.10 Å². The fourth-order valence-corrected chi connectivity index (χ4v) is 5.38. The number of benzene rings is 2. The molecule has 1 aliphatic rings. The number of fused-ring (bicyclic) bond motifs is 1. The van der Waals surface area contributed by atoms with Crippen LogP contribution in [0.4, 0.5) is 0 Å². The Balaban J connectivity index is 1.13. The lowest BCUT2D eigenvalue weighted by atomic mass is 10.0. The second-order valence-electron chi connectivity index (χ2n) is 10.3. The molecule has 4 heterocycles. The third-order valence-corrected chi connectivity index (χ3v) is 7.56. The third kappa shape index (κ3) is 6.24. The van der Waals surface area contributed by atoms with E-state index in [1.807, 2.05) is 59.3 Å². The van der Waals surface area contributed by atoms with Gasteiger partial charge in [0, 0.05) is 41.7 Å². The molecule has 5 aromatic rings. The van der Waals surface area contributed by atoms with Crippen molar-refractivity contribution in [1.82, 2.24) is 24.6 Å². The van der Waals surface area contributed by atoms with Crippen molar-refractivity contribution < 1.29 is 9.53 Å². The first-order valence-electron chi connectivity index (χ1n) is 13.8. The van der Waals surface area contributed by atoms with Gasteiger partial charge in [-0.25, -0.2) is 4.68 Å². The average Bonchev–Trinajstić information content (AvgIpc) is 3.36. The van der Waals surface area contributed by atoms with E-state index in [-0.39, 0.29) is 24.2 Å². The van der Waals surface area contributed by atoms with E-state index in [0.717, 1.165) is 52.5 Å². The smallest absolute Gasteiger partial charge is 0.253 e. The maximum absolute atomic E-state index is 13.1. The van der Waals surface area contributed by atoms with Crippen molar-refractivity contribution in [3.05, 3.63) is 129 Å². The highest BCUT2D eigenvalue weighted by molar-refractivity contribution is 6.31. The third-order valence-electron chi connectivity index (χ3n) is 7.33. The highest BCUT2D eigenvalue weighted by atomic mass is 35.5. The molecule has 2 aromatic carbocycles. The predicted molar refractivity (Wildman–Crippen MR) is 158 cm³/mol. The summed E-state index contributed by atoms with van der Waals surface area (Å²) in [6.07, 6.45) is 8.70. The molecule has 1 unspecified atom stereocenters. The Morgan fingerprint density at radius 3 is 2.66 bits per heavy atom. The Morgan fingerprint density at radius 2 is 1.85 bits per heavy atom. The maximum atomic E-state index is 13.1. The molecule has 6 rings (SSSR count). The quantitative estimate of drug-likeness (QED) is 0.267. The van der Waals surface area contributed by atoms with Gasteiger partial charge in [-0.15, -0.1) is 0 Å². The summed E-state index contributed by atoms with van der Waals surface area (Å²) in [5.74, 6) is -0.221. The lowest BCUT2D eigenvalue weighted by Crippen LogP contribution is -2.24. The molecule has 1 N–H and O–H groups in total. The minimum absolute atomic E-state index is 0.0266. The number of carbonyl (C=O) groups excluding carboxylic acids is 1. The zero-order valence-electron chi connectivity index (χ0n) is 22.5. The molecule has 0 radical (unpaired) electrons. The standard InChI is InChI=1S/C32H30ClN5O3/c33-26-11-12-29-27(17-26)28(36-38(29)31-6-2-4-14-41-31)20-35-32(40)25-16-24(18-34-19-25)15-22-7-9-23(10-8-22)21-37-13-3-1-5-30(37)39/h1,3,5,7-13,16-19,31H,2,4,6,14-15,20-21H2,(H,35,40). The van der Waals surface area contributed by atoms with E-state index in [1.54, 1.807) is 35.3 Å². The van der Waals surface area contributed by atoms with Gasteiger partial charge in [0.2, 0.25) is 0 Å². The van der Waals surface area contributed by atoms with E-state index in [4.69, 9.17) is 21.4 Å². The van der Waals surface area contributed by atoms with E-state index in [2.05, 4.69) is 10.3 Å². The van der Waals surface area contributed by atoms with Crippen LogP contribution in [-0.4, -0.2) is 31.8 Å². The van der Waals surface area contributed by atoms with E-state index in [0.29, 0.717) is 30.2 Å². The van der Waals surface area contributed by atoms with Gasteiger partial charge < -0.3 is 14.6 Å². The molecule has 41 heavy (non-hydrogen) atoms. The Labute approximate surface area is 242 Å². The predicted octanol–water partition coefficient (Wildman–Crippen LogP) is 5.51. The van der Waals surface area contributed by atoms with Crippen LogP contribution in [0.5, 0.6) is 0 Å². The largest absolute Gasteiger partial charge is 0.356 e. The van der Waals surface area contributed by atoms with Crippen molar-refractivity contribution in [2.75, 3.05) is 6.61 Å². The molecule has 8 nitrogen and oxygen atoms in total. The zero-order chi connectivity index (χ0) is 28.2. The number of nitrogens with zero attached hydrogens (tertiary/aromatic N) is 4. The Kier molecular flexibility index (Phi) is 7.93. The Morgan fingerprint density at radius 1 is 1.00 bits per heavy atom. The molecule has 0 spiro atoms. The molecular formula is C32H30ClN5O3. The minimum atomic E-state index is -0.221. The summed E-state index contributed by atoms with van der Waals surface area (Å²) in [7, 11) is 0. The molecule has 1 amide bonds. The fraction of sp³-hybridized carbons (Fsp3) is 0.250. The summed E-state index contributed by atoms with van der Waals surface area (Å²) in [6, 6.07) is 20.8. The van der Waals surface area contributed by atoms with Crippen molar-refractivity contribution in [3.63, 3.8) is 0 Å². The summed E-state index contributed by atoms with van der Waals surface area (Å²) >= 11 is 6.30. The first-order chi connectivity index (χ1) is 20.0. The van der Waals surface area contributed by atoms with E-state index < -0.39 is 0 Å². The monoisotopic (exact) mass is 567 g/mol. The van der Waals surface area contributed by atoms with Crippen LogP contribution in [0, 0.1) is 0 Å². The molecule has 3 aromatic heterocycles. The SMILES string of the molecule is O=C(NCc1nn(C2CCCCO2)c2ccc(Cl)cc12)c1cncc(Cc2ccc(Cn3ccccc3=O)cc2)c1. The summed E-state index contributed by atoms with van der Waals surface area (Å²) < 4.78 is 9.56. The summed E-state index contributed by atoms with van der Waals surface area (Å²) in [5, 5.41) is 9.34. The normalized spacial score (nSPS) is 15.2. The van der Waals surface area contributed by atoms with Gasteiger partial charge in [0.1, 0.15) is 0 Å². The first kappa shape index (κ1) is 26.9. The number of halogens is 1. The summed E-state index contributed by atoms with van der Waals surface area (Å²) in [5.41, 5.74) is 5.21. The lowest BCUT2D eigenvalue weighted by Gasteiger charge is -2.23. The van der Waals surface area contributed by atoms with E-state index in [1.165, 1.54) is 0 Å². The number of aromatic nitrogens is 4. The van der Waals surface area contributed by atoms with Gasteiger partial charge in [0.25, 0.3) is 11.5 Å². The van der Waals surface area contributed by atoms with Crippen molar-refractivity contribution in [3.8, 4) is 0 Å². The molecule has 1 fully saturated rings. The molecular weight excluding hydrogens is 538 g/mol. The van der Waals surface area contributed by atoms with Crippen molar-refractivity contribution in [2.24, 2.45) is 0 Å². The Bertz CT molecular complexity index is 1740. The van der Waals surface area contributed by atoms with Gasteiger partial charge in [0.05, 0.1) is 29.9 Å². The minimum Gasteiger partial charge on any atom is -0.356 e. The van der Waals surface area contributed by atoms with Crippen LogP contribution in [-0.2, 0) is 24.2 Å². The highest BCUT2D eigenvalue weighted by Crippen LogP contribution is 2.29. The van der Waals surface area contributed by atoms with Gasteiger partial charge in [-0.05, 0) is 72.7 Å². The molecule has 0 aliphatic carbocycles. The number of nitrogens with one attached hydrogen (secondary N) is 1. The molecule has 1 atom stereocenters. The first-order valence-corrected chi connectivity index (χ1v) is 14.1. The number of ether oxygens (including phenoxy) is 1. The van der Waals surface area contributed by atoms with Crippen LogP contribution in [0.25, 0.3) is 10.9 Å². The second kappa shape index (κ2) is 12.1. The van der Waals surface area contributed by atoms with Crippen LogP contribution >= 0.6 is 11.6 Å². The van der Waals surface area contributed by atoms with Gasteiger partial charge in [-0.3, -0.25) is 14.6 Å². The van der Waals surface area contributed by atoms with Crippen LogP contribution in [0.1, 0.15) is 58.2 Å². The van der Waals surface area contributed by atoms with E-state index in [9.17, 15) is 9.59 Å². The number of amides is 1. The summed E-state index contributed by atoms with van der Waals surface area (Å²) in [6.45, 7) is 1.49. The lowest BCUT2D eigenvalue weighted by molar-refractivity contribution is -0.0369. The van der Waals surface area contributed by atoms with Gasteiger partial charge in [-0.1, -0.05) is 41.9 Å². The zero-order valence-corrected chi connectivity index (χ0v) is 23.3. The molecule has 1 saturated heterocycles. The summed E-state index contributed by atoms with van der Waals surface area (Å²) in [4.78, 5) is 29.4. The number of pyridine rings is 2. The molecule has 0 bridgehead atoms. The highest BCUT2D eigenvalue weighted by Gasteiger charge is 2.21. The van der Waals surface area contributed by atoms with Gasteiger partial charge >= 0.3 is 0 Å². The van der Waals surface area contributed by atoms with Crippen molar-refractivity contribution in [1.29, 1.82) is 0 Å². The molecule has 1 aliphatic heterocycles. The number of rotatable bonds is 8. The number of hydrogen-bond donors (Lipinski definition) is 1.